The summed E-state index contributed by atoms with van der Waals surface area (Å²) in [5.74, 6) is -0.193. The van der Waals surface area contributed by atoms with E-state index in [9.17, 15) is 19.8 Å². The van der Waals surface area contributed by atoms with Gasteiger partial charge in [-0.15, -0.1) is 0 Å². The van der Waals surface area contributed by atoms with Crippen LogP contribution in [0, 0.1) is 28.6 Å². The average molecular weight is 372 g/mol. The molecule has 0 aromatic heterocycles. The van der Waals surface area contributed by atoms with Gasteiger partial charge in [-0.2, -0.15) is 0 Å². The van der Waals surface area contributed by atoms with Crippen LogP contribution >= 0.6 is 0 Å². The van der Waals surface area contributed by atoms with E-state index in [0.29, 0.717) is 6.42 Å². The first-order valence-electron chi connectivity index (χ1n) is 10.1. The molecule has 8 atom stereocenters. The maximum atomic E-state index is 12.6. The van der Waals surface area contributed by atoms with E-state index in [2.05, 4.69) is 6.92 Å². The molecule has 1 aliphatic heterocycles. The number of rotatable bonds is 2. The van der Waals surface area contributed by atoms with E-state index in [-0.39, 0.29) is 40.7 Å². The summed E-state index contributed by atoms with van der Waals surface area (Å²) in [5, 5.41) is 21.0. The zero-order valence-corrected chi connectivity index (χ0v) is 16.2. The molecule has 1 saturated heterocycles. The number of aliphatic hydroxyl groups excluding tert-OH is 1. The van der Waals surface area contributed by atoms with Crippen molar-refractivity contribution in [2.45, 2.75) is 63.8 Å². The zero-order valence-electron chi connectivity index (χ0n) is 16.2. The van der Waals surface area contributed by atoms with Gasteiger partial charge in [-0.05, 0) is 62.5 Å². The minimum absolute atomic E-state index is 0.0291. The SMILES string of the molecule is C[C@H]1C[C@H]2[C@@H]3CCC4=CC(=O)C=C[C@]4(C)[C@@]34O[C@H]4C[C@]2(C)[C@]1(O)C(=O)CO. The summed E-state index contributed by atoms with van der Waals surface area (Å²) in [6, 6.07) is 0. The van der Waals surface area contributed by atoms with Crippen LogP contribution < -0.4 is 0 Å². The Balaban J connectivity index is 1.60. The number of epoxide rings is 1. The number of aliphatic hydroxyl groups is 2. The Labute approximate surface area is 159 Å². The van der Waals surface area contributed by atoms with Crippen LogP contribution in [-0.2, 0) is 14.3 Å². The first kappa shape index (κ1) is 17.8. The quantitative estimate of drug-likeness (QED) is 0.724. The van der Waals surface area contributed by atoms with Crippen LogP contribution in [0.2, 0.25) is 0 Å². The first-order valence-corrected chi connectivity index (χ1v) is 10.1. The third kappa shape index (κ3) is 1.73. The Morgan fingerprint density at radius 2 is 2.07 bits per heavy atom. The van der Waals surface area contributed by atoms with Crippen LogP contribution in [0.1, 0.15) is 46.5 Å². The highest BCUT2D eigenvalue weighted by molar-refractivity contribution is 6.01. The summed E-state index contributed by atoms with van der Waals surface area (Å²) in [4.78, 5) is 24.5. The highest BCUT2D eigenvalue weighted by atomic mass is 16.6. The molecule has 0 radical (unpaired) electrons. The zero-order chi connectivity index (χ0) is 19.4. The van der Waals surface area contributed by atoms with Crippen LogP contribution in [0.3, 0.4) is 0 Å². The largest absolute Gasteiger partial charge is 0.388 e. The van der Waals surface area contributed by atoms with Crippen LogP contribution in [0.25, 0.3) is 0 Å². The number of Topliss-reactive ketones (excluding diaryl/α,β-unsaturated/α-hetero) is 1. The standard InChI is InChI=1S/C22H28O5/c1-12-8-16-15-5-4-13-9-14(24)6-7-19(13,2)22(15)18(27-22)10-20(16,3)21(12,26)17(25)11-23/h6-7,9,12,15-16,18,23,26H,4-5,8,10-11H2,1-3H3/t12-,15-,16-,18-,19-,20-,21+,22+/m0/s1. The molecular formula is C22H28O5. The van der Waals surface area contributed by atoms with Gasteiger partial charge in [-0.3, -0.25) is 9.59 Å². The van der Waals surface area contributed by atoms with E-state index in [1.165, 1.54) is 0 Å². The van der Waals surface area contributed by atoms with Gasteiger partial charge in [0.05, 0.1) is 6.10 Å². The lowest BCUT2D eigenvalue weighted by Gasteiger charge is -2.55. The van der Waals surface area contributed by atoms with Crippen molar-refractivity contribution in [3.8, 4) is 0 Å². The van der Waals surface area contributed by atoms with Gasteiger partial charge in [0.1, 0.15) is 17.8 Å². The van der Waals surface area contributed by atoms with Gasteiger partial charge < -0.3 is 14.9 Å². The third-order valence-corrected chi connectivity index (χ3v) is 9.08. The summed E-state index contributed by atoms with van der Waals surface area (Å²) < 4.78 is 6.43. The first-order chi connectivity index (χ1) is 12.6. The summed E-state index contributed by atoms with van der Waals surface area (Å²) in [6.45, 7) is 5.51. The van der Waals surface area contributed by atoms with Crippen LogP contribution in [0.5, 0.6) is 0 Å². The van der Waals surface area contributed by atoms with E-state index >= 15 is 0 Å². The van der Waals surface area contributed by atoms with E-state index in [4.69, 9.17) is 4.74 Å². The number of ketones is 2. The number of allylic oxidation sites excluding steroid dienone is 2. The number of hydrogen-bond donors (Lipinski definition) is 2. The van der Waals surface area contributed by atoms with E-state index in [1.54, 1.807) is 12.2 Å². The van der Waals surface area contributed by atoms with E-state index in [1.807, 2.05) is 19.9 Å². The highest BCUT2D eigenvalue weighted by Crippen LogP contribution is 2.76. The maximum absolute atomic E-state index is 12.6. The summed E-state index contributed by atoms with van der Waals surface area (Å²) >= 11 is 0. The molecule has 0 aromatic carbocycles. The Hall–Kier alpha value is -1.30. The predicted molar refractivity (Wildman–Crippen MR) is 97.7 cm³/mol. The summed E-state index contributed by atoms with van der Waals surface area (Å²) in [7, 11) is 0. The minimum atomic E-state index is -1.50. The molecule has 1 spiro atoms. The molecule has 0 unspecified atom stereocenters. The topological polar surface area (TPSA) is 87.1 Å². The fraction of sp³-hybridized carbons (Fsp3) is 0.727. The van der Waals surface area contributed by atoms with E-state index < -0.39 is 23.4 Å². The maximum Gasteiger partial charge on any atom is 0.190 e. The van der Waals surface area contributed by atoms with Crippen LogP contribution in [-0.4, -0.2) is 45.7 Å². The van der Waals surface area contributed by atoms with E-state index in [0.717, 1.165) is 24.8 Å². The smallest absolute Gasteiger partial charge is 0.190 e. The van der Waals surface area contributed by atoms with Crippen molar-refractivity contribution in [2.24, 2.45) is 28.6 Å². The van der Waals surface area contributed by atoms with Crippen molar-refractivity contribution in [3.63, 3.8) is 0 Å². The summed E-state index contributed by atoms with van der Waals surface area (Å²) in [6.07, 6.45) is 8.58. The van der Waals surface area contributed by atoms with Crippen molar-refractivity contribution < 1.29 is 24.5 Å². The number of fused-ring (bicyclic) bond motifs is 3. The van der Waals surface area contributed by atoms with Gasteiger partial charge in [0.2, 0.25) is 0 Å². The molecule has 4 aliphatic carbocycles. The van der Waals surface area contributed by atoms with Gasteiger partial charge in [0, 0.05) is 10.8 Å². The second-order valence-corrected chi connectivity index (χ2v) is 9.86. The molecule has 5 heteroatoms. The lowest BCUT2D eigenvalue weighted by atomic mass is 9.46. The highest BCUT2D eigenvalue weighted by Gasteiger charge is 2.81. The van der Waals surface area contributed by atoms with Crippen molar-refractivity contribution in [1.82, 2.24) is 0 Å². The Bertz CT molecular complexity index is 814. The lowest BCUT2D eigenvalue weighted by molar-refractivity contribution is -0.165. The Morgan fingerprint density at radius 3 is 2.78 bits per heavy atom. The molecular weight excluding hydrogens is 344 g/mol. The molecule has 0 aromatic rings. The van der Waals surface area contributed by atoms with Crippen molar-refractivity contribution in [3.05, 3.63) is 23.8 Å². The van der Waals surface area contributed by atoms with Crippen LogP contribution in [0.15, 0.2) is 23.8 Å². The fourth-order valence-electron chi connectivity index (χ4n) is 7.70. The van der Waals surface area contributed by atoms with Gasteiger partial charge >= 0.3 is 0 Å². The number of carbonyl (C=O) groups is 2. The minimum Gasteiger partial charge on any atom is -0.388 e. The summed E-state index contributed by atoms with van der Waals surface area (Å²) in [5.41, 5.74) is -1.55. The Morgan fingerprint density at radius 1 is 1.33 bits per heavy atom. The monoisotopic (exact) mass is 372 g/mol. The second kappa shape index (κ2) is 5.00. The molecule has 4 fully saturated rings. The third-order valence-electron chi connectivity index (χ3n) is 9.08. The Kier molecular flexibility index (Phi) is 3.29. The average Bonchev–Trinajstić information content (AvgIpc) is 3.31. The predicted octanol–water partition coefficient (Wildman–Crippen LogP) is 1.96. The molecule has 3 saturated carbocycles. The van der Waals surface area contributed by atoms with Gasteiger partial charge in [0.15, 0.2) is 11.6 Å². The molecule has 5 nitrogen and oxygen atoms in total. The lowest BCUT2D eigenvalue weighted by Crippen LogP contribution is -2.62. The number of ether oxygens (including phenoxy) is 1. The van der Waals surface area contributed by atoms with Gasteiger partial charge in [0.25, 0.3) is 0 Å². The van der Waals surface area contributed by atoms with Gasteiger partial charge in [-0.1, -0.05) is 25.5 Å². The van der Waals surface area contributed by atoms with Crippen LogP contribution in [0.4, 0.5) is 0 Å². The van der Waals surface area contributed by atoms with Crippen molar-refractivity contribution in [1.29, 1.82) is 0 Å². The molecule has 0 amide bonds. The molecule has 146 valence electrons. The molecule has 5 rings (SSSR count). The molecule has 27 heavy (non-hydrogen) atoms. The normalized spacial score (nSPS) is 55.1. The molecule has 2 N–H and O–H groups in total. The molecule has 0 bridgehead atoms. The molecule has 1 heterocycles. The van der Waals surface area contributed by atoms with Gasteiger partial charge in [-0.25, -0.2) is 0 Å². The van der Waals surface area contributed by atoms with Crippen molar-refractivity contribution in [2.75, 3.05) is 6.61 Å². The van der Waals surface area contributed by atoms with Crippen molar-refractivity contribution >= 4 is 11.6 Å². The fourth-order valence-corrected chi connectivity index (χ4v) is 7.70. The second-order valence-electron chi connectivity index (χ2n) is 9.86. The number of hydrogen-bond acceptors (Lipinski definition) is 5. The number of carbonyl (C=O) groups excluding carboxylic acids is 2. The molecule has 5 aliphatic rings.